The first kappa shape index (κ1) is 20.4. The Kier molecular flexibility index (Phi) is 6.81. The third kappa shape index (κ3) is 6.13. The minimum absolute atomic E-state index is 0.0294. The maximum Gasteiger partial charge on any atom is 0.234 e. The molecule has 2 rings (SSSR count). The number of rotatable bonds is 7. The molecular weight excluding hydrogens is 326 g/mol. The highest BCUT2D eigenvalue weighted by Crippen LogP contribution is 2.40. The summed E-state index contributed by atoms with van der Waals surface area (Å²) in [6.07, 6.45) is 4.64. The van der Waals surface area contributed by atoms with E-state index in [1.54, 1.807) is 11.9 Å². The standard InChI is InChI=1S/C21H33N3O2/c1-20(2,3)23-19(26)15-24(4)14-18(25)22-16-21(12-8-9-13-21)17-10-6-5-7-11-17/h5-7,10-11H,8-9,12-16H2,1-4H3,(H,22,25)(H,23,26). The van der Waals surface area contributed by atoms with Crippen LogP contribution in [0, 0.1) is 0 Å². The zero-order valence-corrected chi connectivity index (χ0v) is 16.6. The first-order valence-corrected chi connectivity index (χ1v) is 9.52. The summed E-state index contributed by atoms with van der Waals surface area (Å²) in [6.45, 7) is 6.95. The van der Waals surface area contributed by atoms with Crippen LogP contribution in [0.1, 0.15) is 52.0 Å². The molecule has 5 heteroatoms. The maximum atomic E-state index is 12.4. The third-order valence-electron chi connectivity index (χ3n) is 4.91. The van der Waals surface area contributed by atoms with Crippen LogP contribution in [0.3, 0.4) is 0 Å². The molecular formula is C21H33N3O2. The highest BCUT2D eigenvalue weighted by Gasteiger charge is 2.35. The molecule has 0 aromatic heterocycles. The smallest absolute Gasteiger partial charge is 0.234 e. The summed E-state index contributed by atoms with van der Waals surface area (Å²) in [4.78, 5) is 26.1. The van der Waals surface area contributed by atoms with E-state index in [1.807, 2.05) is 26.8 Å². The average molecular weight is 360 g/mol. The van der Waals surface area contributed by atoms with Crippen molar-refractivity contribution in [2.75, 3.05) is 26.7 Å². The lowest BCUT2D eigenvalue weighted by molar-refractivity contribution is -0.125. The van der Waals surface area contributed by atoms with Crippen molar-refractivity contribution in [1.82, 2.24) is 15.5 Å². The van der Waals surface area contributed by atoms with Crippen LogP contribution in [0.2, 0.25) is 0 Å². The van der Waals surface area contributed by atoms with E-state index in [1.165, 1.54) is 18.4 Å². The Hall–Kier alpha value is -1.88. The largest absolute Gasteiger partial charge is 0.354 e. The summed E-state index contributed by atoms with van der Waals surface area (Å²) in [5.41, 5.74) is 1.11. The van der Waals surface area contributed by atoms with Gasteiger partial charge in [0.2, 0.25) is 11.8 Å². The minimum Gasteiger partial charge on any atom is -0.354 e. The number of nitrogens with zero attached hydrogens (tertiary/aromatic N) is 1. The van der Waals surface area contributed by atoms with Gasteiger partial charge in [-0.3, -0.25) is 14.5 Å². The van der Waals surface area contributed by atoms with Gasteiger partial charge in [-0.1, -0.05) is 43.2 Å². The third-order valence-corrected chi connectivity index (χ3v) is 4.91. The second kappa shape index (κ2) is 8.67. The molecule has 144 valence electrons. The summed E-state index contributed by atoms with van der Waals surface area (Å²) in [5, 5.41) is 6.02. The normalized spacial score (nSPS) is 16.5. The molecule has 0 heterocycles. The predicted octanol–water partition coefficient (Wildman–Crippen LogP) is 2.46. The maximum absolute atomic E-state index is 12.4. The zero-order valence-electron chi connectivity index (χ0n) is 16.6. The lowest BCUT2D eigenvalue weighted by Crippen LogP contribution is -2.47. The highest BCUT2D eigenvalue weighted by atomic mass is 16.2. The molecule has 0 radical (unpaired) electrons. The Bertz CT molecular complexity index is 601. The van der Waals surface area contributed by atoms with Crippen LogP contribution in [0.25, 0.3) is 0 Å². The molecule has 0 atom stereocenters. The van der Waals surface area contributed by atoms with Gasteiger partial charge in [-0.05, 0) is 46.2 Å². The van der Waals surface area contributed by atoms with Crippen molar-refractivity contribution < 1.29 is 9.59 Å². The number of hydrogen-bond donors (Lipinski definition) is 2. The Labute approximate surface area is 157 Å². The van der Waals surface area contributed by atoms with Crippen LogP contribution in [0.4, 0.5) is 0 Å². The van der Waals surface area contributed by atoms with Gasteiger partial charge in [0.25, 0.3) is 0 Å². The fourth-order valence-corrected chi connectivity index (χ4v) is 3.74. The molecule has 2 amide bonds. The van der Waals surface area contributed by atoms with Gasteiger partial charge in [0.1, 0.15) is 0 Å². The van der Waals surface area contributed by atoms with Crippen LogP contribution in [-0.4, -0.2) is 48.9 Å². The molecule has 1 aliphatic carbocycles. The van der Waals surface area contributed by atoms with Gasteiger partial charge >= 0.3 is 0 Å². The first-order valence-electron chi connectivity index (χ1n) is 9.52. The molecule has 1 aromatic carbocycles. The summed E-state index contributed by atoms with van der Waals surface area (Å²) in [5.74, 6) is -0.0948. The number of carbonyl (C=O) groups excluding carboxylic acids is 2. The van der Waals surface area contributed by atoms with Crippen molar-refractivity contribution >= 4 is 11.8 Å². The van der Waals surface area contributed by atoms with Crippen LogP contribution in [0.15, 0.2) is 30.3 Å². The van der Waals surface area contributed by atoms with E-state index in [0.29, 0.717) is 6.54 Å². The molecule has 1 aromatic rings. The molecule has 1 fully saturated rings. The van der Waals surface area contributed by atoms with Gasteiger partial charge in [0, 0.05) is 17.5 Å². The van der Waals surface area contributed by atoms with Crippen LogP contribution < -0.4 is 10.6 Å². The number of hydrogen-bond acceptors (Lipinski definition) is 3. The lowest BCUT2D eigenvalue weighted by atomic mass is 9.79. The van der Waals surface area contributed by atoms with Gasteiger partial charge in [0.05, 0.1) is 13.1 Å². The van der Waals surface area contributed by atoms with Gasteiger partial charge in [-0.2, -0.15) is 0 Å². The summed E-state index contributed by atoms with van der Waals surface area (Å²) in [7, 11) is 1.80. The minimum atomic E-state index is -0.259. The van der Waals surface area contributed by atoms with E-state index in [2.05, 4.69) is 34.9 Å². The number of nitrogens with one attached hydrogen (secondary N) is 2. The van der Waals surface area contributed by atoms with Crippen molar-refractivity contribution in [3.8, 4) is 0 Å². The number of amides is 2. The second-order valence-electron chi connectivity index (χ2n) is 8.60. The van der Waals surface area contributed by atoms with E-state index in [-0.39, 0.29) is 35.9 Å². The van der Waals surface area contributed by atoms with Gasteiger partial charge in [0.15, 0.2) is 0 Å². The van der Waals surface area contributed by atoms with Crippen molar-refractivity contribution in [3.63, 3.8) is 0 Å². The SMILES string of the molecule is CN(CC(=O)NCC1(c2ccccc2)CCCC1)CC(=O)NC(C)(C)C. The van der Waals surface area contributed by atoms with Gasteiger partial charge in [-0.25, -0.2) is 0 Å². The average Bonchev–Trinajstić information content (AvgIpc) is 3.02. The number of benzene rings is 1. The summed E-state index contributed by atoms with van der Waals surface area (Å²) >= 11 is 0. The second-order valence-corrected chi connectivity index (χ2v) is 8.60. The zero-order chi connectivity index (χ0) is 19.2. The fourth-order valence-electron chi connectivity index (χ4n) is 3.74. The van der Waals surface area contributed by atoms with E-state index in [9.17, 15) is 9.59 Å². The van der Waals surface area contributed by atoms with E-state index < -0.39 is 0 Å². The van der Waals surface area contributed by atoms with Crippen LogP contribution in [-0.2, 0) is 15.0 Å². The fraction of sp³-hybridized carbons (Fsp3) is 0.619. The van der Waals surface area contributed by atoms with E-state index in [4.69, 9.17) is 0 Å². The molecule has 0 saturated heterocycles. The number of likely N-dealkylation sites (N-methyl/N-ethyl adjacent to an activating group) is 1. The van der Waals surface area contributed by atoms with Crippen LogP contribution in [0.5, 0.6) is 0 Å². The predicted molar refractivity (Wildman–Crippen MR) is 105 cm³/mol. The van der Waals surface area contributed by atoms with Crippen molar-refractivity contribution in [2.45, 2.75) is 57.4 Å². The first-order chi connectivity index (χ1) is 12.2. The van der Waals surface area contributed by atoms with Crippen molar-refractivity contribution in [3.05, 3.63) is 35.9 Å². The Morgan fingerprint density at radius 2 is 1.62 bits per heavy atom. The quantitative estimate of drug-likeness (QED) is 0.786. The molecule has 0 bridgehead atoms. The van der Waals surface area contributed by atoms with Crippen LogP contribution >= 0.6 is 0 Å². The Morgan fingerprint density at radius 1 is 1.04 bits per heavy atom. The topological polar surface area (TPSA) is 61.4 Å². The summed E-state index contributed by atoms with van der Waals surface area (Å²) < 4.78 is 0. The number of carbonyl (C=O) groups is 2. The Morgan fingerprint density at radius 3 is 2.19 bits per heavy atom. The molecule has 0 unspecified atom stereocenters. The molecule has 1 saturated carbocycles. The lowest BCUT2D eigenvalue weighted by Gasteiger charge is -2.30. The molecule has 26 heavy (non-hydrogen) atoms. The molecule has 0 aliphatic heterocycles. The van der Waals surface area contributed by atoms with Crippen molar-refractivity contribution in [1.29, 1.82) is 0 Å². The molecule has 1 aliphatic rings. The van der Waals surface area contributed by atoms with Gasteiger partial charge in [-0.15, -0.1) is 0 Å². The molecule has 2 N–H and O–H groups in total. The van der Waals surface area contributed by atoms with E-state index in [0.717, 1.165) is 12.8 Å². The molecule has 0 spiro atoms. The highest BCUT2D eigenvalue weighted by molar-refractivity contribution is 5.81. The van der Waals surface area contributed by atoms with Crippen molar-refractivity contribution in [2.24, 2.45) is 0 Å². The molecule has 5 nitrogen and oxygen atoms in total. The van der Waals surface area contributed by atoms with E-state index >= 15 is 0 Å². The Balaban J connectivity index is 1.84. The monoisotopic (exact) mass is 359 g/mol. The van der Waals surface area contributed by atoms with Gasteiger partial charge < -0.3 is 10.6 Å². The summed E-state index contributed by atoms with van der Waals surface area (Å²) in [6, 6.07) is 10.5.